The summed E-state index contributed by atoms with van der Waals surface area (Å²) in [5, 5.41) is 3.32. The molecule has 5 nitrogen and oxygen atoms in total. The van der Waals surface area contributed by atoms with Crippen molar-refractivity contribution in [1.29, 1.82) is 0 Å². The van der Waals surface area contributed by atoms with E-state index >= 15 is 0 Å². The quantitative estimate of drug-likeness (QED) is 0.923. The third-order valence-electron chi connectivity index (χ3n) is 3.64. The first-order valence-electron chi connectivity index (χ1n) is 6.86. The summed E-state index contributed by atoms with van der Waals surface area (Å²) < 4.78 is 5.79. The van der Waals surface area contributed by atoms with E-state index in [1.54, 1.807) is 0 Å². The normalized spacial score (nSPS) is 19.1. The molecule has 7 heteroatoms. The Morgan fingerprint density at radius 2 is 1.65 bits per heavy atom. The van der Waals surface area contributed by atoms with Crippen molar-refractivity contribution in [2.75, 3.05) is 31.1 Å². The molecule has 0 aliphatic carbocycles. The molecule has 2 aliphatic heterocycles. The second kappa shape index (κ2) is 8.49. The van der Waals surface area contributed by atoms with Crippen molar-refractivity contribution in [3.63, 3.8) is 0 Å². The molecule has 2 fully saturated rings. The van der Waals surface area contributed by atoms with Crippen molar-refractivity contribution in [3.8, 4) is 6.01 Å². The molecule has 0 unspecified atom stereocenters. The minimum Gasteiger partial charge on any atom is -0.460 e. The monoisotopic (exact) mass is 320 g/mol. The van der Waals surface area contributed by atoms with Gasteiger partial charge in [-0.25, -0.2) is 9.97 Å². The Kier molecular flexibility index (Phi) is 7.34. The van der Waals surface area contributed by atoms with E-state index in [1.807, 2.05) is 12.4 Å². The van der Waals surface area contributed by atoms with Crippen LogP contribution in [0.25, 0.3) is 0 Å². The number of piperidine rings is 1. The van der Waals surface area contributed by atoms with Gasteiger partial charge in [-0.05, 0) is 38.8 Å². The highest BCUT2D eigenvalue weighted by molar-refractivity contribution is 5.85. The lowest BCUT2D eigenvalue weighted by molar-refractivity contribution is 0.149. The Bertz CT molecular complexity index is 378. The third kappa shape index (κ3) is 4.36. The summed E-state index contributed by atoms with van der Waals surface area (Å²) in [7, 11) is 0. The van der Waals surface area contributed by atoms with Gasteiger partial charge < -0.3 is 15.0 Å². The van der Waals surface area contributed by atoms with Gasteiger partial charge in [-0.2, -0.15) is 0 Å². The summed E-state index contributed by atoms with van der Waals surface area (Å²) >= 11 is 0. The van der Waals surface area contributed by atoms with Crippen LogP contribution in [0.1, 0.15) is 25.7 Å². The average Bonchev–Trinajstić information content (AvgIpc) is 2.95. The first-order valence-corrected chi connectivity index (χ1v) is 6.86. The van der Waals surface area contributed by atoms with Gasteiger partial charge in [-0.15, -0.1) is 24.8 Å². The maximum Gasteiger partial charge on any atom is 0.316 e. The van der Waals surface area contributed by atoms with Crippen molar-refractivity contribution >= 4 is 30.5 Å². The van der Waals surface area contributed by atoms with Crippen LogP contribution < -0.4 is 15.0 Å². The molecule has 0 saturated carbocycles. The minimum atomic E-state index is 0. The molecule has 2 saturated heterocycles. The highest BCUT2D eigenvalue weighted by atomic mass is 35.5. The molecule has 0 bridgehead atoms. The van der Waals surface area contributed by atoms with Gasteiger partial charge in [-0.3, -0.25) is 0 Å². The number of aromatic nitrogens is 2. The molecular formula is C13H22Cl2N4O. The van der Waals surface area contributed by atoms with Gasteiger partial charge >= 0.3 is 6.01 Å². The fraction of sp³-hybridized carbons (Fsp3) is 0.692. The summed E-state index contributed by atoms with van der Waals surface area (Å²) in [6, 6.07) is 0.518. The summed E-state index contributed by atoms with van der Waals surface area (Å²) in [4.78, 5) is 11.0. The number of anilines is 1. The van der Waals surface area contributed by atoms with Crippen LogP contribution in [0.3, 0.4) is 0 Å². The smallest absolute Gasteiger partial charge is 0.316 e. The number of hydrogen-bond donors (Lipinski definition) is 1. The summed E-state index contributed by atoms with van der Waals surface area (Å²) in [6.45, 7) is 4.29. The van der Waals surface area contributed by atoms with Gasteiger partial charge in [0.25, 0.3) is 0 Å². The molecule has 0 atom stereocenters. The van der Waals surface area contributed by atoms with Crippen molar-refractivity contribution in [1.82, 2.24) is 15.3 Å². The maximum absolute atomic E-state index is 5.79. The highest BCUT2D eigenvalue weighted by Crippen LogP contribution is 2.20. The van der Waals surface area contributed by atoms with Crippen LogP contribution in [0.4, 0.5) is 5.69 Å². The molecule has 114 valence electrons. The van der Waals surface area contributed by atoms with Gasteiger partial charge in [-0.1, -0.05) is 0 Å². The Morgan fingerprint density at radius 1 is 1.05 bits per heavy atom. The Labute approximate surface area is 132 Å². The number of nitrogens with zero attached hydrogens (tertiary/aromatic N) is 3. The molecule has 2 aliphatic rings. The zero-order valence-corrected chi connectivity index (χ0v) is 13.1. The Balaban J connectivity index is 0.000001000. The molecule has 0 amide bonds. The van der Waals surface area contributed by atoms with Crippen molar-refractivity contribution in [2.24, 2.45) is 0 Å². The van der Waals surface area contributed by atoms with E-state index < -0.39 is 0 Å². The highest BCUT2D eigenvalue weighted by Gasteiger charge is 2.17. The van der Waals surface area contributed by atoms with Crippen LogP contribution in [-0.4, -0.2) is 42.3 Å². The van der Waals surface area contributed by atoms with Crippen LogP contribution >= 0.6 is 24.8 Å². The summed E-state index contributed by atoms with van der Waals surface area (Å²) in [6.07, 6.45) is 8.65. The van der Waals surface area contributed by atoms with Crippen LogP contribution in [-0.2, 0) is 0 Å². The van der Waals surface area contributed by atoms with E-state index in [1.165, 1.54) is 12.8 Å². The largest absolute Gasteiger partial charge is 0.460 e. The van der Waals surface area contributed by atoms with Gasteiger partial charge in [0.15, 0.2) is 0 Å². The molecular weight excluding hydrogens is 299 g/mol. The number of ether oxygens (including phenoxy) is 1. The van der Waals surface area contributed by atoms with Gasteiger partial charge in [0.2, 0.25) is 0 Å². The first-order chi connectivity index (χ1) is 8.92. The van der Waals surface area contributed by atoms with Gasteiger partial charge in [0.05, 0.1) is 18.1 Å². The number of halogens is 2. The van der Waals surface area contributed by atoms with Crippen molar-refractivity contribution in [3.05, 3.63) is 12.4 Å². The number of nitrogens with one attached hydrogen (secondary N) is 1. The zero-order chi connectivity index (χ0) is 12.2. The molecule has 3 rings (SSSR count). The summed E-state index contributed by atoms with van der Waals surface area (Å²) in [5.41, 5.74) is 1.12. The van der Waals surface area contributed by atoms with Crippen LogP contribution in [0.15, 0.2) is 12.4 Å². The van der Waals surface area contributed by atoms with Crippen LogP contribution in [0.5, 0.6) is 6.01 Å². The summed E-state index contributed by atoms with van der Waals surface area (Å²) in [5.74, 6) is 0. The maximum atomic E-state index is 5.79. The zero-order valence-electron chi connectivity index (χ0n) is 11.5. The molecule has 20 heavy (non-hydrogen) atoms. The van der Waals surface area contributed by atoms with E-state index in [9.17, 15) is 0 Å². The third-order valence-corrected chi connectivity index (χ3v) is 3.64. The molecule has 0 aromatic carbocycles. The average molecular weight is 321 g/mol. The SMILES string of the molecule is Cl.Cl.c1nc(OC2CCNCC2)ncc1N1CCCC1. The fourth-order valence-corrected chi connectivity index (χ4v) is 2.57. The lowest BCUT2D eigenvalue weighted by Crippen LogP contribution is -2.34. The lowest BCUT2D eigenvalue weighted by atomic mass is 10.1. The van der Waals surface area contributed by atoms with E-state index in [0.29, 0.717) is 6.01 Å². The van der Waals surface area contributed by atoms with Crippen LogP contribution in [0, 0.1) is 0 Å². The topological polar surface area (TPSA) is 50.3 Å². The molecule has 3 heterocycles. The molecule has 0 radical (unpaired) electrons. The predicted octanol–water partition coefficient (Wildman–Crippen LogP) is 2.05. The van der Waals surface area contributed by atoms with E-state index in [0.717, 1.165) is 44.7 Å². The van der Waals surface area contributed by atoms with Crippen molar-refractivity contribution < 1.29 is 4.74 Å². The predicted molar refractivity (Wildman–Crippen MR) is 84.5 cm³/mol. The first kappa shape index (κ1) is 17.3. The molecule has 1 aromatic rings. The second-order valence-electron chi connectivity index (χ2n) is 4.99. The number of hydrogen-bond acceptors (Lipinski definition) is 5. The van der Waals surface area contributed by atoms with Crippen molar-refractivity contribution in [2.45, 2.75) is 31.8 Å². The van der Waals surface area contributed by atoms with E-state index in [-0.39, 0.29) is 30.9 Å². The second-order valence-corrected chi connectivity index (χ2v) is 4.99. The van der Waals surface area contributed by atoms with Gasteiger partial charge in [0.1, 0.15) is 6.10 Å². The van der Waals surface area contributed by atoms with E-state index in [4.69, 9.17) is 4.74 Å². The Hall–Kier alpha value is -0.780. The fourth-order valence-electron chi connectivity index (χ4n) is 2.57. The standard InChI is InChI=1S/C13H20N4O.2ClH/c1-2-8-17(7-1)11-9-15-13(16-10-11)18-12-3-5-14-6-4-12;;/h9-10,12,14H,1-8H2;2*1H. The lowest BCUT2D eigenvalue weighted by Gasteiger charge is -2.23. The molecule has 1 N–H and O–H groups in total. The van der Waals surface area contributed by atoms with Crippen LogP contribution in [0.2, 0.25) is 0 Å². The minimum absolute atomic E-state index is 0. The Morgan fingerprint density at radius 3 is 2.25 bits per heavy atom. The number of rotatable bonds is 3. The van der Waals surface area contributed by atoms with E-state index in [2.05, 4.69) is 20.2 Å². The molecule has 1 aromatic heterocycles. The van der Waals surface area contributed by atoms with Gasteiger partial charge in [0, 0.05) is 13.1 Å². The molecule has 0 spiro atoms.